The van der Waals surface area contributed by atoms with Crippen molar-refractivity contribution in [2.24, 2.45) is 5.92 Å². The molecule has 0 saturated heterocycles. The van der Waals surface area contributed by atoms with E-state index in [9.17, 15) is 4.79 Å². The summed E-state index contributed by atoms with van der Waals surface area (Å²) >= 11 is 0. The van der Waals surface area contributed by atoms with Gasteiger partial charge in [-0.25, -0.2) is 0 Å². The lowest BCUT2D eigenvalue weighted by molar-refractivity contribution is -0.138. The first-order valence-electron chi connectivity index (χ1n) is 3.99. The third-order valence-electron chi connectivity index (χ3n) is 1.63. The van der Waals surface area contributed by atoms with E-state index in [1.165, 1.54) is 0 Å². The molecule has 0 heterocycles. The van der Waals surface area contributed by atoms with Crippen molar-refractivity contribution in [2.75, 3.05) is 0 Å². The Balaban J connectivity index is 3.28. The van der Waals surface area contributed by atoms with Crippen molar-refractivity contribution in [1.29, 1.82) is 0 Å². The summed E-state index contributed by atoms with van der Waals surface area (Å²) in [4.78, 5) is 10.2. The zero-order valence-electron chi connectivity index (χ0n) is 7.05. The fourth-order valence-corrected chi connectivity index (χ4v) is 1.01. The lowest BCUT2D eigenvalue weighted by Gasteiger charge is -2.05. The summed E-state index contributed by atoms with van der Waals surface area (Å²) in [5.41, 5.74) is 0. The Labute approximate surface area is 67.9 Å². The lowest BCUT2D eigenvalue weighted by Crippen LogP contribution is -2.03. The highest BCUT2D eigenvalue weighted by molar-refractivity contribution is 5.66. The summed E-state index contributed by atoms with van der Waals surface area (Å²) in [7, 11) is 0. The van der Waals surface area contributed by atoms with E-state index >= 15 is 0 Å². The van der Waals surface area contributed by atoms with Gasteiger partial charge in [0.15, 0.2) is 0 Å². The molecule has 11 heavy (non-hydrogen) atoms. The molecular weight excluding hydrogens is 140 g/mol. The number of unbranched alkanes of at least 4 members (excludes halogenated alkanes) is 1. The molecule has 1 unspecified atom stereocenters. The lowest BCUT2D eigenvalue weighted by atomic mass is 10.0. The van der Waals surface area contributed by atoms with E-state index < -0.39 is 5.97 Å². The molecule has 0 aliphatic rings. The number of allylic oxidation sites excluding steroid dienone is 1. The van der Waals surface area contributed by atoms with Crippen LogP contribution in [-0.2, 0) is 4.79 Å². The molecule has 0 aromatic rings. The molecule has 0 aliphatic heterocycles. The summed E-state index contributed by atoms with van der Waals surface area (Å²) in [6.07, 6.45) is 5.19. The van der Waals surface area contributed by atoms with Crippen LogP contribution in [0.1, 0.15) is 32.6 Å². The van der Waals surface area contributed by atoms with E-state index in [0.717, 1.165) is 19.3 Å². The monoisotopic (exact) mass is 156 g/mol. The maximum atomic E-state index is 10.2. The molecular formula is C9H16O2. The molecule has 0 fully saturated rings. The molecule has 0 bridgehead atoms. The van der Waals surface area contributed by atoms with Gasteiger partial charge in [0, 0.05) is 6.42 Å². The average Bonchev–Trinajstić information content (AvgIpc) is 1.86. The number of carbonyl (C=O) groups is 1. The molecule has 0 aromatic carbocycles. The fraction of sp³-hybridized carbons (Fsp3) is 0.667. The standard InChI is InChI=1S/C9H16O2/c1-3-4-5-6-8(2)7-9(10)11/h3,8H,1,4-7H2,2H3,(H,10,11). The highest BCUT2D eigenvalue weighted by atomic mass is 16.4. The van der Waals surface area contributed by atoms with Crippen LogP contribution in [0.4, 0.5) is 0 Å². The van der Waals surface area contributed by atoms with Gasteiger partial charge in [-0.3, -0.25) is 4.79 Å². The van der Waals surface area contributed by atoms with Gasteiger partial charge in [-0.15, -0.1) is 6.58 Å². The first-order chi connectivity index (χ1) is 5.16. The van der Waals surface area contributed by atoms with Crippen molar-refractivity contribution in [3.05, 3.63) is 12.7 Å². The van der Waals surface area contributed by atoms with E-state index in [1.807, 2.05) is 13.0 Å². The second-order valence-electron chi connectivity index (χ2n) is 2.92. The van der Waals surface area contributed by atoms with E-state index in [-0.39, 0.29) is 6.42 Å². The van der Waals surface area contributed by atoms with Crippen LogP contribution in [0.3, 0.4) is 0 Å². The molecule has 0 aliphatic carbocycles. The second kappa shape index (κ2) is 5.96. The van der Waals surface area contributed by atoms with Crippen LogP contribution in [-0.4, -0.2) is 11.1 Å². The highest BCUT2D eigenvalue weighted by Gasteiger charge is 2.05. The number of carboxylic acids is 1. The van der Waals surface area contributed by atoms with Crippen molar-refractivity contribution >= 4 is 5.97 Å². The molecule has 64 valence electrons. The normalized spacial score (nSPS) is 12.5. The molecule has 0 saturated carbocycles. The highest BCUT2D eigenvalue weighted by Crippen LogP contribution is 2.11. The number of carboxylic acid groups (broad SMARTS) is 1. The molecule has 0 aromatic heterocycles. The van der Waals surface area contributed by atoms with Gasteiger partial charge in [-0.1, -0.05) is 13.0 Å². The zero-order chi connectivity index (χ0) is 8.69. The first-order valence-corrected chi connectivity index (χ1v) is 3.99. The summed E-state index contributed by atoms with van der Waals surface area (Å²) in [5, 5.41) is 8.42. The van der Waals surface area contributed by atoms with Gasteiger partial charge in [0.25, 0.3) is 0 Å². The van der Waals surface area contributed by atoms with Gasteiger partial charge in [-0.2, -0.15) is 0 Å². The number of hydrogen-bond donors (Lipinski definition) is 1. The van der Waals surface area contributed by atoms with Crippen molar-refractivity contribution < 1.29 is 9.90 Å². The van der Waals surface area contributed by atoms with Crippen LogP contribution in [0.2, 0.25) is 0 Å². The minimum absolute atomic E-state index is 0.289. The van der Waals surface area contributed by atoms with Gasteiger partial charge >= 0.3 is 5.97 Å². The Kier molecular flexibility index (Phi) is 5.53. The maximum Gasteiger partial charge on any atom is 0.303 e. The predicted octanol–water partition coefficient (Wildman–Crippen LogP) is 2.45. The Hall–Kier alpha value is -0.790. The maximum absolute atomic E-state index is 10.2. The van der Waals surface area contributed by atoms with Crippen molar-refractivity contribution in [3.8, 4) is 0 Å². The molecule has 0 radical (unpaired) electrons. The average molecular weight is 156 g/mol. The van der Waals surface area contributed by atoms with Gasteiger partial charge < -0.3 is 5.11 Å². The molecule has 2 nitrogen and oxygen atoms in total. The summed E-state index contributed by atoms with van der Waals surface area (Å²) < 4.78 is 0. The smallest absolute Gasteiger partial charge is 0.303 e. The molecule has 0 spiro atoms. The molecule has 1 N–H and O–H groups in total. The van der Waals surface area contributed by atoms with E-state index in [2.05, 4.69) is 6.58 Å². The van der Waals surface area contributed by atoms with Crippen LogP contribution in [0.5, 0.6) is 0 Å². The van der Waals surface area contributed by atoms with E-state index in [1.54, 1.807) is 0 Å². The zero-order valence-corrected chi connectivity index (χ0v) is 7.05. The van der Waals surface area contributed by atoms with Crippen LogP contribution in [0.15, 0.2) is 12.7 Å². The van der Waals surface area contributed by atoms with E-state index in [0.29, 0.717) is 5.92 Å². The van der Waals surface area contributed by atoms with Gasteiger partial charge in [0.1, 0.15) is 0 Å². The molecule has 0 amide bonds. The minimum Gasteiger partial charge on any atom is -0.481 e. The van der Waals surface area contributed by atoms with Crippen LogP contribution in [0.25, 0.3) is 0 Å². The quantitative estimate of drug-likeness (QED) is 0.473. The largest absolute Gasteiger partial charge is 0.481 e. The molecule has 0 rings (SSSR count). The van der Waals surface area contributed by atoms with Crippen LogP contribution in [0, 0.1) is 5.92 Å². The molecule has 1 atom stereocenters. The Bertz CT molecular complexity index is 130. The van der Waals surface area contributed by atoms with E-state index in [4.69, 9.17) is 5.11 Å². The van der Waals surface area contributed by atoms with Gasteiger partial charge in [-0.05, 0) is 25.2 Å². The summed E-state index contributed by atoms with van der Waals surface area (Å²) in [6, 6.07) is 0. The van der Waals surface area contributed by atoms with Gasteiger partial charge in [0.05, 0.1) is 0 Å². The first kappa shape index (κ1) is 10.2. The number of aliphatic carboxylic acids is 1. The number of rotatable bonds is 6. The Morgan fingerprint density at radius 1 is 1.73 bits per heavy atom. The second-order valence-corrected chi connectivity index (χ2v) is 2.92. The number of hydrogen-bond acceptors (Lipinski definition) is 1. The third kappa shape index (κ3) is 7.10. The predicted molar refractivity (Wildman–Crippen MR) is 45.5 cm³/mol. The topological polar surface area (TPSA) is 37.3 Å². The molecule has 2 heteroatoms. The van der Waals surface area contributed by atoms with Crippen molar-refractivity contribution in [3.63, 3.8) is 0 Å². The SMILES string of the molecule is C=CCCCC(C)CC(=O)O. The summed E-state index contributed by atoms with van der Waals surface area (Å²) in [5.74, 6) is -0.399. The van der Waals surface area contributed by atoms with Crippen molar-refractivity contribution in [2.45, 2.75) is 32.6 Å². The van der Waals surface area contributed by atoms with Crippen molar-refractivity contribution in [1.82, 2.24) is 0 Å². The summed E-state index contributed by atoms with van der Waals surface area (Å²) in [6.45, 7) is 5.57. The Morgan fingerprint density at radius 2 is 2.36 bits per heavy atom. The van der Waals surface area contributed by atoms with Crippen LogP contribution >= 0.6 is 0 Å². The fourth-order valence-electron chi connectivity index (χ4n) is 1.01. The minimum atomic E-state index is -0.698. The van der Waals surface area contributed by atoms with Crippen LogP contribution < -0.4 is 0 Å². The van der Waals surface area contributed by atoms with Gasteiger partial charge in [0.2, 0.25) is 0 Å². The Morgan fingerprint density at radius 3 is 2.82 bits per heavy atom. The third-order valence-corrected chi connectivity index (χ3v) is 1.63.